The lowest BCUT2D eigenvalue weighted by Crippen LogP contribution is -2.30. The SMILES string of the molecule is O=C(c1cccc(Br)c1)C(F)(F)CBr. The summed E-state index contributed by atoms with van der Waals surface area (Å²) in [5, 5.41) is -0.661. The first-order valence-corrected chi connectivity index (χ1v) is 5.63. The molecule has 1 nitrogen and oxygen atoms in total. The topological polar surface area (TPSA) is 17.1 Å². The molecule has 0 fully saturated rings. The molecule has 76 valence electrons. The number of hydrogen-bond donors (Lipinski definition) is 0. The summed E-state index contributed by atoms with van der Waals surface area (Å²) in [6, 6.07) is 5.95. The van der Waals surface area contributed by atoms with Gasteiger partial charge in [0.25, 0.3) is 0 Å². The van der Waals surface area contributed by atoms with Crippen LogP contribution in [0.4, 0.5) is 8.78 Å². The van der Waals surface area contributed by atoms with Gasteiger partial charge in [0.2, 0.25) is 5.78 Å². The maximum atomic E-state index is 13.0. The average molecular weight is 328 g/mol. The summed E-state index contributed by atoms with van der Waals surface area (Å²) in [5.74, 6) is -4.52. The number of Topliss-reactive ketones (excluding diaryl/α,β-unsaturated/α-hetero) is 1. The molecule has 1 aromatic carbocycles. The highest BCUT2D eigenvalue weighted by atomic mass is 79.9. The lowest BCUT2D eigenvalue weighted by molar-refractivity contribution is 0.0257. The Kier molecular flexibility index (Phi) is 3.78. The highest BCUT2D eigenvalue weighted by molar-refractivity contribution is 9.10. The molecule has 0 amide bonds. The van der Waals surface area contributed by atoms with Crippen LogP contribution in [0.1, 0.15) is 10.4 Å². The Balaban J connectivity index is 3.01. The largest absolute Gasteiger partial charge is 0.319 e. The predicted octanol–water partition coefficient (Wildman–Crippen LogP) is 3.66. The van der Waals surface area contributed by atoms with E-state index in [2.05, 4.69) is 31.9 Å². The minimum Gasteiger partial charge on any atom is -0.287 e. The van der Waals surface area contributed by atoms with Crippen molar-refractivity contribution in [2.45, 2.75) is 5.92 Å². The third-order valence-electron chi connectivity index (χ3n) is 1.59. The highest BCUT2D eigenvalue weighted by Crippen LogP contribution is 2.23. The summed E-state index contributed by atoms with van der Waals surface area (Å²) in [6.07, 6.45) is 0. The molecule has 0 saturated heterocycles. The van der Waals surface area contributed by atoms with Crippen LogP contribution in [0.5, 0.6) is 0 Å². The number of benzene rings is 1. The van der Waals surface area contributed by atoms with Gasteiger partial charge in [-0.3, -0.25) is 4.79 Å². The van der Waals surface area contributed by atoms with Gasteiger partial charge >= 0.3 is 5.92 Å². The molecule has 0 radical (unpaired) electrons. The Morgan fingerprint density at radius 2 is 2.07 bits per heavy atom. The minimum absolute atomic E-state index is 0.00354. The van der Waals surface area contributed by atoms with E-state index in [0.29, 0.717) is 4.47 Å². The molecule has 0 aliphatic heterocycles. The monoisotopic (exact) mass is 326 g/mol. The van der Waals surface area contributed by atoms with E-state index in [1.165, 1.54) is 12.1 Å². The van der Waals surface area contributed by atoms with Crippen molar-refractivity contribution in [1.82, 2.24) is 0 Å². The van der Waals surface area contributed by atoms with Crippen LogP contribution in [0.3, 0.4) is 0 Å². The van der Waals surface area contributed by atoms with Crippen LogP contribution in [0, 0.1) is 0 Å². The van der Waals surface area contributed by atoms with Gasteiger partial charge in [-0.1, -0.05) is 44.0 Å². The summed E-state index contributed by atoms with van der Waals surface area (Å²) in [6.45, 7) is 0. The van der Waals surface area contributed by atoms with E-state index in [0.717, 1.165) is 0 Å². The van der Waals surface area contributed by atoms with Crippen LogP contribution in [-0.2, 0) is 0 Å². The third-order valence-corrected chi connectivity index (χ3v) is 2.78. The molecular formula is C9H6Br2F2O. The summed E-state index contributed by atoms with van der Waals surface area (Å²) in [7, 11) is 0. The zero-order chi connectivity index (χ0) is 10.8. The minimum atomic E-state index is -3.35. The van der Waals surface area contributed by atoms with Gasteiger partial charge in [-0.25, -0.2) is 0 Å². The number of ketones is 1. The fraction of sp³-hybridized carbons (Fsp3) is 0.222. The standard InChI is InChI=1S/C9H6Br2F2O/c10-5-9(12,13)8(14)6-2-1-3-7(11)4-6/h1-4H,5H2. The molecule has 0 saturated carbocycles. The maximum absolute atomic E-state index is 13.0. The van der Waals surface area contributed by atoms with E-state index >= 15 is 0 Å². The first-order chi connectivity index (χ1) is 6.47. The number of rotatable bonds is 3. The second kappa shape index (κ2) is 4.49. The molecule has 0 bridgehead atoms. The zero-order valence-electron chi connectivity index (χ0n) is 6.94. The quantitative estimate of drug-likeness (QED) is 0.611. The Hall–Kier alpha value is -0.290. The molecular weight excluding hydrogens is 322 g/mol. The van der Waals surface area contributed by atoms with E-state index < -0.39 is 17.0 Å². The number of halogens is 4. The smallest absolute Gasteiger partial charge is 0.287 e. The molecule has 0 aliphatic rings. The van der Waals surface area contributed by atoms with Gasteiger partial charge in [0.15, 0.2) is 0 Å². The fourth-order valence-electron chi connectivity index (χ4n) is 0.902. The summed E-state index contributed by atoms with van der Waals surface area (Å²) < 4.78 is 26.5. The van der Waals surface area contributed by atoms with E-state index in [1.54, 1.807) is 12.1 Å². The fourth-order valence-corrected chi connectivity index (χ4v) is 1.56. The van der Waals surface area contributed by atoms with Gasteiger partial charge < -0.3 is 0 Å². The van der Waals surface area contributed by atoms with Gasteiger partial charge in [-0.2, -0.15) is 8.78 Å². The Morgan fingerprint density at radius 1 is 1.43 bits per heavy atom. The lowest BCUT2D eigenvalue weighted by Gasteiger charge is -2.11. The van der Waals surface area contributed by atoms with Gasteiger partial charge in [0.1, 0.15) is 0 Å². The molecule has 0 spiro atoms. The second-order valence-electron chi connectivity index (χ2n) is 2.68. The number of carbonyl (C=O) groups is 1. The van der Waals surface area contributed by atoms with E-state index in [-0.39, 0.29) is 5.56 Å². The van der Waals surface area contributed by atoms with Crippen molar-refractivity contribution in [1.29, 1.82) is 0 Å². The molecule has 0 N–H and O–H groups in total. The summed E-state index contributed by atoms with van der Waals surface area (Å²) in [4.78, 5) is 11.2. The normalized spacial score (nSPS) is 11.4. The number of carbonyl (C=O) groups excluding carboxylic acids is 1. The van der Waals surface area contributed by atoms with Crippen molar-refractivity contribution in [2.75, 3.05) is 5.33 Å². The highest BCUT2D eigenvalue weighted by Gasteiger charge is 2.37. The Bertz CT molecular complexity index is 352. The zero-order valence-corrected chi connectivity index (χ0v) is 10.1. The molecule has 0 unspecified atom stereocenters. The molecule has 0 aromatic heterocycles. The Labute approximate surface area is 96.8 Å². The first kappa shape index (κ1) is 11.8. The lowest BCUT2D eigenvalue weighted by atomic mass is 10.1. The molecule has 0 atom stereocenters. The van der Waals surface area contributed by atoms with Gasteiger partial charge in [0, 0.05) is 10.0 Å². The van der Waals surface area contributed by atoms with Crippen LogP contribution < -0.4 is 0 Å². The first-order valence-electron chi connectivity index (χ1n) is 3.71. The molecule has 5 heteroatoms. The van der Waals surface area contributed by atoms with Crippen molar-refractivity contribution < 1.29 is 13.6 Å². The van der Waals surface area contributed by atoms with Crippen molar-refractivity contribution in [2.24, 2.45) is 0 Å². The van der Waals surface area contributed by atoms with Gasteiger partial charge in [-0.05, 0) is 12.1 Å². The van der Waals surface area contributed by atoms with E-state index in [9.17, 15) is 13.6 Å². The third kappa shape index (κ3) is 2.60. The molecule has 0 aliphatic carbocycles. The van der Waals surface area contributed by atoms with Crippen LogP contribution in [0.2, 0.25) is 0 Å². The van der Waals surface area contributed by atoms with Crippen molar-refractivity contribution in [3.63, 3.8) is 0 Å². The average Bonchev–Trinajstić information content (AvgIpc) is 2.16. The maximum Gasteiger partial charge on any atom is 0.319 e. The predicted molar refractivity (Wildman–Crippen MR) is 57.2 cm³/mol. The molecule has 1 aromatic rings. The van der Waals surface area contributed by atoms with Crippen molar-refractivity contribution >= 4 is 37.6 Å². The van der Waals surface area contributed by atoms with Gasteiger partial charge in [-0.15, -0.1) is 0 Å². The summed E-state index contributed by atoms with van der Waals surface area (Å²) >= 11 is 5.72. The van der Waals surface area contributed by atoms with Crippen LogP contribution in [0.25, 0.3) is 0 Å². The van der Waals surface area contributed by atoms with Crippen LogP contribution in [-0.4, -0.2) is 17.0 Å². The number of alkyl halides is 3. The molecule has 14 heavy (non-hydrogen) atoms. The van der Waals surface area contributed by atoms with Crippen LogP contribution in [0.15, 0.2) is 28.7 Å². The molecule has 1 rings (SSSR count). The van der Waals surface area contributed by atoms with Crippen molar-refractivity contribution in [3.05, 3.63) is 34.3 Å². The van der Waals surface area contributed by atoms with Crippen LogP contribution >= 0.6 is 31.9 Å². The number of hydrogen-bond acceptors (Lipinski definition) is 1. The second-order valence-corrected chi connectivity index (χ2v) is 4.15. The van der Waals surface area contributed by atoms with E-state index in [4.69, 9.17) is 0 Å². The molecule has 0 heterocycles. The van der Waals surface area contributed by atoms with E-state index in [1.807, 2.05) is 0 Å². The summed E-state index contributed by atoms with van der Waals surface area (Å²) in [5.41, 5.74) is 0.00354. The van der Waals surface area contributed by atoms with Gasteiger partial charge in [0.05, 0.1) is 5.33 Å². The Morgan fingerprint density at radius 3 is 2.57 bits per heavy atom. The van der Waals surface area contributed by atoms with Crippen molar-refractivity contribution in [3.8, 4) is 0 Å².